The number of phenolic OH excluding ortho intramolecular Hbond substituents is 1. The van der Waals surface area contributed by atoms with Gasteiger partial charge in [-0.25, -0.2) is 9.59 Å². The molecule has 0 amide bonds. The lowest BCUT2D eigenvalue weighted by Crippen LogP contribution is -2.52. The van der Waals surface area contributed by atoms with E-state index in [2.05, 4.69) is 41.7 Å². The maximum Gasteiger partial charge on any atom is 0.340 e. The number of ether oxygens (including phenoxy) is 2. The van der Waals surface area contributed by atoms with Gasteiger partial charge in [0, 0.05) is 23.7 Å². The number of carbonyl (C=O) groups is 2. The predicted molar refractivity (Wildman–Crippen MR) is 207 cm³/mol. The van der Waals surface area contributed by atoms with Gasteiger partial charge in [-0.1, -0.05) is 66.7 Å². The third-order valence-corrected chi connectivity index (χ3v) is 13.3. The number of rotatable bonds is 10. The summed E-state index contributed by atoms with van der Waals surface area (Å²) in [6.07, 6.45) is 12.9. The van der Waals surface area contributed by atoms with Gasteiger partial charge >= 0.3 is 11.9 Å². The Morgan fingerprint density at radius 1 is 0.870 bits per heavy atom. The Hall–Kier alpha value is -4.72. The monoisotopic (exact) mass is 723 g/mol. The van der Waals surface area contributed by atoms with Crippen molar-refractivity contribution in [2.24, 2.45) is 35.0 Å². The molecule has 54 heavy (non-hydrogen) atoms. The molecule has 5 unspecified atom stereocenters. The molecular formula is C47H49NO6. The second-order valence-electron chi connectivity index (χ2n) is 16.2. The summed E-state index contributed by atoms with van der Waals surface area (Å²) in [6, 6.07) is 25.8. The summed E-state index contributed by atoms with van der Waals surface area (Å²) in [5, 5.41) is 24.7. The van der Waals surface area contributed by atoms with Gasteiger partial charge in [-0.3, -0.25) is 0 Å². The first kappa shape index (κ1) is 35.0. The number of benzene rings is 3. The van der Waals surface area contributed by atoms with Crippen LogP contribution in [-0.2, 0) is 25.5 Å². The first-order valence-electron chi connectivity index (χ1n) is 20.1. The zero-order valence-corrected chi connectivity index (χ0v) is 30.8. The van der Waals surface area contributed by atoms with E-state index in [-0.39, 0.29) is 48.0 Å². The van der Waals surface area contributed by atoms with Crippen LogP contribution in [0.1, 0.15) is 68.9 Å². The summed E-state index contributed by atoms with van der Waals surface area (Å²) < 4.78 is 12.7. The summed E-state index contributed by atoms with van der Waals surface area (Å²) in [5.41, 5.74) is 6.39. The van der Waals surface area contributed by atoms with Crippen LogP contribution in [0.3, 0.4) is 0 Å². The molecule has 4 aliphatic carbocycles. The van der Waals surface area contributed by atoms with Crippen molar-refractivity contribution in [1.29, 1.82) is 0 Å². The van der Waals surface area contributed by atoms with Crippen LogP contribution in [0.15, 0.2) is 119 Å². The van der Waals surface area contributed by atoms with Crippen LogP contribution in [-0.4, -0.2) is 41.8 Å². The Morgan fingerprint density at radius 3 is 2.43 bits per heavy atom. The molecule has 3 aromatic rings. The lowest BCUT2D eigenvalue weighted by molar-refractivity contribution is -0.135. The first-order chi connectivity index (χ1) is 26.5. The highest BCUT2D eigenvalue weighted by Gasteiger charge is 2.68. The van der Waals surface area contributed by atoms with Crippen molar-refractivity contribution in [2.75, 3.05) is 19.7 Å². The second kappa shape index (κ2) is 14.5. The third-order valence-electron chi connectivity index (χ3n) is 13.3. The average molecular weight is 724 g/mol. The van der Waals surface area contributed by atoms with Crippen LogP contribution in [0.4, 0.5) is 0 Å². The highest BCUT2D eigenvalue weighted by Crippen LogP contribution is 2.72. The molecule has 7 nitrogen and oxygen atoms in total. The Kier molecular flexibility index (Phi) is 9.40. The highest BCUT2D eigenvalue weighted by molar-refractivity contribution is 6.07. The molecule has 7 aliphatic rings. The number of hydrogen-bond donors (Lipinski definition) is 3. The van der Waals surface area contributed by atoms with E-state index in [0.717, 1.165) is 84.2 Å². The molecule has 2 saturated heterocycles. The zero-order valence-electron chi connectivity index (χ0n) is 30.8. The number of piperidine rings is 1. The van der Waals surface area contributed by atoms with Crippen LogP contribution >= 0.6 is 0 Å². The van der Waals surface area contributed by atoms with Gasteiger partial charge in [0.05, 0.1) is 11.0 Å². The van der Waals surface area contributed by atoms with Gasteiger partial charge in [-0.15, -0.1) is 0 Å². The molecule has 3 aliphatic heterocycles. The number of esters is 2. The van der Waals surface area contributed by atoms with Crippen LogP contribution in [0.5, 0.6) is 5.75 Å². The molecule has 2 bridgehead atoms. The highest BCUT2D eigenvalue weighted by atomic mass is 16.5. The molecule has 1 spiro atoms. The Balaban J connectivity index is 1.21. The van der Waals surface area contributed by atoms with Crippen molar-refractivity contribution in [1.82, 2.24) is 5.32 Å². The van der Waals surface area contributed by atoms with E-state index in [0.29, 0.717) is 42.3 Å². The van der Waals surface area contributed by atoms with Crippen molar-refractivity contribution in [3.63, 3.8) is 0 Å². The number of hydrogen-bond acceptors (Lipinski definition) is 7. The number of phenols is 1. The van der Waals surface area contributed by atoms with E-state index < -0.39 is 5.41 Å². The molecular weight excluding hydrogens is 675 g/mol. The molecule has 3 heterocycles. The lowest BCUT2D eigenvalue weighted by Gasteiger charge is -2.56. The fraction of sp³-hybridized carbons (Fsp3) is 0.404. The van der Waals surface area contributed by atoms with Crippen molar-refractivity contribution in [3.8, 4) is 16.9 Å². The summed E-state index contributed by atoms with van der Waals surface area (Å²) >= 11 is 0. The van der Waals surface area contributed by atoms with Crippen molar-refractivity contribution in [3.05, 3.63) is 130 Å². The molecule has 0 aromatic heterocycles. The SMILES string of the molecule is O=C1OC(=CCCC2CCNCC2)C2=C1C1C(CC2)C2CCC13C(=CC(CCO)Cc1ccccc1)OC(=O)C3=C2c1cc(O)ccc1-c1ccccc1. The van der Waals surface area contributed by atoms with Gasteiger partial charge < -0.3 is 25.0 Å². The van der Waals surface area contributed by atoms with Gasteiger partial charge in [0.2, 0.25) is 0 Å². The maximum absolute atomic E-state index is 14.6. The smallest absolute Gasteiger partial charge is 0.340 e. The fourth-order valence-electron chi connectivity index (χ4n) is 11.0. The third kappa shape index (κ3) is 5.97. The van der Waals surface area contributed by atoms with Gasteiger partial charge in [-0.05, 0) is 153 Å². The minimum atomic E-state index is -0.875. The standard InChI is InChI=1S/C47H49NO6/c49-25-21-31(26-30-8-3-1-4-9-30)27-40-47-22-18-35(41(44(47)46(52)54-40)38-28-33(50)14-15-34(38)32-11-5-2-6-12-32)36-16-17-37-39(53-45(51)42(37)43(36)47)13-7-10-29-19-23-48-24-20-29/h1-6,8-9,11-15,27-29,31,35-36,43,48-50H,7,10,16-26H2. The van der Waals surface area contributed by atoms with Crippen LogP contribution < -0.4 is 5.32 Å². The number of allylic oxidation sites excluding steroid dienone is 5. The summed E-state index contributed by atoms with van der Waals surface area (Å²) in [4.78, 5) is 28.9. The molecule has 278 valence electrons. The number of carbonyl (C=O) groups excluding carboxylic acids is 2. The summed E-state index contributed by atoms with van der Waals surface area (Å²) in [7, 11) is 0. The van der Waals surface area contributed by atoms with E-state index >= 15 is 0 Å². The van der Waals surface area contributed by atoms with E-state index in [4.69, 9.17) is 9.47 Å². The normalized spacial score (nSPS) is 28.3. The molecule has 3 N–H and O–H groups in total. The van der Waals surface area contributed by atoms with Gasteiger partial charge in [-0.2, -0.15) is 0 Å². The molecule has 10 rings (SSSR count). The molecule has 3 fully saturated rings. The second-order valence-corrected chi connectivity index (χ2v) is 16.2. The van der Waals surface area contributed by atoms with Gasteiger partial charge in [0.25, 0.3) is 0 Å². The van der Waals surface area contributed by atoms with Crippen molar-refractivity contribution in [2.45, 2.75) is 64.2 Å². The van der Waals surface area contributed by atoms with Crippen molar-refractivity contribution >= 4 is 17.5 Å². The number of cyclic esters (lactones) is 2. The van der Waals surface area contributed by atoms with Crippen molar-refractivity contribution < 1.29 is 29.3 Å². The molecule has 0 radical (unpaired) electrons. The maximum atomic E-state index is 14.6. The first-order valence-corrected chi connectivity index (χ1v) is 20.1. The minimum Gasteiger partial charge on any atom is -0.508 e. The molecule has 7 heteroatoms. The number of nitrogens with one attached hydrogen (secondary N) is 1. The molecule has 5 atom stereocenters. The van der Waals surface area contributed by atoms with Crippen LogP contribution in [0.25, 0.3) is 16.7 Å². The largest absolute Gasteiger partial charge is 0.508 e. The molecule has 1 saturated carbocycles. The van der Waals surface area contributed by atoms with Crippen LogP contribution in [0.2, 0.25) is 0 Å². The Morgan fingerprint density at radius 2 is 1.65 bits per heavy atom. The van der Waals surface area contributed by atoms with E-state index in [9.17, 15) is 19.8 Å². The van der Waals surface area contributed by atoms with Crippen LogP contribution in [0, 0.1) is 35.0 Å². The van der Waals surface area contributed by atoms with E-state index in [1.807, 2.05) is 48.5 Å². The number of aliphatic hydroxyl groups excluding tert-OH is 1. The summed E-state index contributed by atoms with van der Waals surface area (Å²) in [6.45, 7) is 2.12. The minimum absolute atomic E-state index is 0.00117. The zero-order chi connectivity index (χ0) is 36.8. The Labute approximate surface area is 317 Å². The number of aromatic hydroxyl groups is 1. The van der Waals surface area contributed by atoms with E-state index in [1.165, 1.54) is 12.8 Å². The Bertz CT molecular complexity index is 2070. The summed E-state index contributed by atoms with van der Waals surface area (Å²) in [5.74, 6) is 1.19. The molecule has 3 aromatic carbocycles. The number of fused-ring (bicyclic) bond motifs is 1. The fourth-order valence-corrected chi connectivity index (χ4v) is 11.0. The van der Waals surface area contributed by atoms with Gasteiger partial charge in [0.15, 0.2) is 0 Å². The number of aliphatic hydroxyl groups is 1. The topological polar surface area (TPSA) is 105 Å². The average Bonchev–Trinajstić information content (AvgIpc) is 3.68. The van der Waals surface area contributed by atoms with Gasteiger partial charge in [0.1, 0.15) is 17.3 Å². The lowest BCUT2D eigenvalue weighted by atomic mass is 9.44. The predicted octanol–water partition coefficient (Wildman–Crippen LogP) is 8.45. The quantitative estimate of drug-likeness (QED) is 0.180. The van der Waals surface area contributed by atoms with E-state index in [1.54, 1.807) is 6.07 Å².